The summed E-state index contributed by atoms with van der Waals surface area (Å²) < 4.78 is 14.0. The second-order valence-corrected chi connectivity index (χ2v) is 5.06. The van der Waals surface area contributed by atoms with Crippen LogP contribution >= 0.6 is 15.9 Å². The number of nitrogens with two attached hydrogens (primary N) is 1. The van der Waals surface area contributed by atoms with Crippen LogP contribution in [0.3, 0.4) is 0 Å². The number of anilines is 2. The Balaban J connectivity index is 2.28. The van der Waals surface area contributed by atoms with E-state index >= 15 is 0 Å². The molecule has 2 aromatic carbocycles. The number of hydrogen-bond donors (Lipinski definition) is 2. The van der Waals surface area contributed by atoms with Gasteiger partial charge in [0.1, 0.15) is 5.82 Å². The molecule has 2 rings (SSSR count). The minimum atomic E-state index is -0.445. The van der Waals surface area contributed by atoms with Crippen LogP contribution in [0.2, 0.25) is 0 Å². The first-order valence-corrected chi connectivity index (χ1v) is 6.39. The second kappa shape index (κ2) is 5.40. The summed E-state index contributed by atoms with van der Waals surface area (Å²) in [5.41, 5.74) is 7.73. The van der Waals surface area contributed by atoms with Crippen molar-refractivity contribution in [2.75, 3.05) is 11.1 Å². The van der Waals surface area contributed by atoms with E-state index in [0.29, 0.717) is 22.5 Å². The van der Waals surface area contributed by atoms with Crippen LogP contribution in [-0.2, 0) is 0 Å². The van der Waals surface area contributed by atoms with Crippen molar-refractivity contribution in [3.63, 3.8) is 0 Å². The topological polar surface area (TPSA) is 55.1 Å². The van der Waals surface area contributed by atoms with Gasteiger partial charge in [-0.1, -0.05) is 22.0 Å². The smallest absolute Gasteiger partial charge is 0.256 e. The van der Waals surface area contributed by atoms with Gasteiger partial charge in [0, 0.05) is 10.0 Å². The molecule has 0 spiro atoms. The first-order valence-electron chi connectivity index (χ1n) is 5.60. The van der Waals surface area contributed by atoms with Gasteiger partial charge in [-0.3, -0.25) is 4.79 Å². The lowest BCUT2D eigenvalue weighted by Gasteiger charge is -2.10. The minimum absolute atomic E-state index is 0.294. The van der Waals surface area contributed by atoms with Crippen molar-refractivity contribution in [1.29, 1.82) is 0 Å². The summed E-state index contributed by atoms with van der Waals surface area (Å²) in [6.45, 7) is 1.75. The van der Waals surface area contributed by atoms with E-state index in [1.54, 1.807) is 31.2 Å². The third-order valence-electron chi connectivity index (χ3n) is 2.71. The number of benzene rings is 2. The van der Waals surface area contributed by atoms with Gasteiger partial charge in [0.25, 0.3) is 5.91 Å². The lowest BCUT2D eigenvalue weighted by atomic mass is 10.1. The van der Waals surface area contributed by atoms with Crippen LogP contribution in [0.5, 0.6) is 0 Å². The van der Waals surface area contributed by atoms with Gasteiger partial charge in [0.15, 0.2) is 0 Å². The van der Waals surface area contributed by atoms with Crippen LogP contribution in [0, 0.1) is 12.7 Å². The maximum Gasteiger partial charge on any atom is 0.256 e. The van der Waals surface area contributed by atoms with E-state index in [-0.39, 0.29) is 5.91 Å². The Morgan fingerprint density at radius 1 is 1.26 bits per heavy atom. The van der Waals surface area contributed by atoms with Gasteiger partial charge in [-0.25, -0.2) is 4.39 Å². The minimum Gasteiger partial charge on any atom is -0.397 e. The normalized spacial score (nSPS) is 10.3. The van der Waals surface area contributed by atoms with Crippen molar-refractivity contribution in [2.24, 2.45) is 0 Å². The fraction of sp³-hybridized carbons (Fsp3) is 0.0714. The lowest BCUT2D eigenvalue weighted by Crippen LogP contribution is -2.14. The van der Waals surface area contributed by atoms with E-state index in [4.69, 9.17) is 5.73 Å². The molecule has 0 bridgehead atoms. The van der Waals surface area contributed by atoms with E-state index < -0.39 is 5.82 Å². The van der Waals surface area contributed by atoms with Crippen molar-refractivity contribution in [3.8, 4) is 0 Å². The third kappa shape index (κ3) is 3.12. The predicted molar refractivity (Wildman–Crippen MR) is 77.6 cm³/mol. The zero-order valence-electron chi connectivity index (χ0n) is 10.2. The zero-order chi connectivity index (χ0) is 14.0. The van der Waals surface area contributed by atoms with Crippen LogP contribution < -0.4 is 11.1 Å². The molecule has 0 aliphatic heterocycles. The Hall–Kier alpha value is -1.88. The van der Waals surface area contributed by atoms with E-state index in [1.165, 1.54) is 12.1 Å². The van der Waals surface area contributed by atoms with Gasteiger partial charge in [0.05, 0.1) is 11.4 Å². The zero-order valence-corrected chi connectivity index (χ0v) is 11.8. The second-order valence-electron chi connectivity index (χ2n) is 4.14. The van der Waals surface area contributed by atoms with Crippen molar-refractivity contribution >= 4 is 33.2 Å². The first kappa shape index (κ1) is 13.5. The Morgan fingerprint density at radius 3 is 2.68 bits per heavy atom. The van der Waals surface area contributed by atoms with Crippen LogP contribution in [0.1, 0.15) is 15.9 Å². The fourth-order valence-electron chi connectivity index (χ4n) is 1.68. The number of rotatable bonds is 2. The molecule has 0 unspecified atom stereocenters. The molecule has 0 radical (unpaired) electrons. The molecule has 0 aromatic heterocycles. The number of halogens is 2. The molecule has 1 amide bonds. The molecule has 0 saturated heterocycles. The van der Waals surface area contributed by atoms with Crippen molar-refractivity contribution in [3.05, 3.63) is 57.8 Å². The maximum absolute atomic E-state index is 13.2. The number of carbonyl (C=O) groups excluding carboxylic acids is 1. The van der Waals surface area contributed by atoms with E-state index in [0.717, 1.165) is 4.47 Å². The predicted octanol–water partition coefficient (Wildman–Crippen LogP) is 3.73. The number of nitrogens with one attached hydrogen (secondary N) is 1. The summed E-state index contributed by atoms with van der Waals surface area (Å²) in [6.07, 6.45) is 0. The monoisotopic (exact) mass is 322 g/mol. The van der Waals surface area contributed by atoms with Crippen LogP contribution in [-0.4, -0.2) is 5.91 Å². The highest BCUT2D eigenvalue weighted by Crippen LogP contribution is 2.24. The Kier molecular flexibility index (Phi) is 3.85. The third-order valence-corrected chi connectivity index (χ3v) is 3.20. The summed E-state index contributed by atoms with van der Waals surface area (Å²) in [4.78, 5) is 12.1. The highest BCUT2D eigenvalue weighted by Gasteiger charge is 2.11. The molecule has 0 fully saturated rings. The first-order chi connectivity index (χ1) is 8.97. The Bertz CT molecular complexity index is 643. The number of aryl methyl sites for hydroxylation is 1. The van der Waals surface area contributed by atoms with Gasteiger partial charge in [0.2, 0.25) is 0 Å². The molecule has 3 N–H and O–H groups in total. The Morgan fingerprint density at radius 2 is 2.00 bits per heavy atom. The standard InChI is InChI=1S/C14H12BrFN2O/c1-8-2-4-10(16)7-11(8)14(19)18-13-5-3-9(15)6-12(13)17/h2-7H,17H2,1H3,(H,18,19). The van der Waals surface area contributed by atoms with Gasteiger partial charge < -0.3 is 11.1 Å². The lowest BCUT2D eigenvalue weighted by molar-refractivity contribution is 0.102. The molecule has 0 heterocycles. The number of nitrogen functional groups attached to an aromatic ring is 1. The van der Waals surface area contributed by atoms with E-state index in [1.807, 2.05) is 0 Å². The van der Waals surface area contributed by atoms with Crippen LogP contribution in [0.4, 0.5) is 15.8 Å². The number of hydrogen-bond acceptors (Lipinski definition) is 2. The summed E-state index contributed by atoms with van der Waals surface area (Å²) in [5, 5.41) is 2.67. The molecular weight excluding hydrogens is 311 g/mol. The Labute approximate surface area is 118 Å². The average Bonchev–Trinajstić information content (AvgIpc) is 2.35. The summed E-state index contributed by atoms with van der Waals surface area (Å²) >= 11 is 3.29. The van der Waals surface area contributed by atoms with Crippen molar-refractivity contribution in [2.45, 2.75) is 6.92 Å². The molecule has 0 aliphatic rings. The van der Waals surface area contributed by atoms with Crippen LogP contribution in [0.25, 0.3) is 0 Å². The van der Waals surface area contributed by atoms with E-state index in [2.05, 4.69) is 21.2 Å². The maximum atomic E-state index is 13.2. The molecule has 98 valence electrons. The highest BCUT2D eigenvalue weighted by atomic mass is 79.9. The average molecular weight is 323 g/mol. The van der Waals surface area contributed by atoms with Gasteiger partial charge in [-0.05, 0) is 42.8 Å². The number of carbonyl (C=O) groups is 1. The number of amides is 1. The molecule has 0 saturated carbocycles. The fourth-order valence-corrected chi connectivity index (χ4v) is 2.05. The summed E-state index contributed by atoms with van der Waals surface area (Å²) in [5.74, 6) is -0.828. The van der Waals surface area contributed by atoms with Gasteiger partial charge in [-0.2, -0.15) is 0 Å². The molecule has 0 atom stereocenters. The highest BCUT2D eigenvalue weighted by molar-refractivity contribution is 9.10. The largest absolute Gasteiger partial charge is 0.397 e. The molecule has 19 heavy (non-hydrogen) atoms. The quantitative estimate of drug-likeness (QED) is 0.828. The summed E-state index contributed by atoms with van der Waals surface area (Å²) in [7, 11) is 0. The van der Waals surface area contributed by atoms with Gasteiger partial charge >= 0.3 is 0 Å². The molecule has 0 aliphatic carbocycles. The van der Waals surface area contributed by atoms with Crippen molar-refractivity contribution < 1.29 is 9.18 Å². The molecular formula is C14H12BrFN2O. The van der Waals surface area contributed by atoms with E-state index in [9.17, 15) is 9.18 Å². The molecule has 2 aromatic rings. The molecule has 5 heteroatoms. The SMILES string of the molecule is Cc1ccc(F)cc1C(=O)Nc1ccc(Br)cc1N. The van der Waals surface area contributed by atoms with Crippen LogP contribution in [0.15, 0.2) is 40.9 Å². The summed E-state index contributed by atoms with van der Waals surface area (Å²) in [6, 6.07) is 9.24. The molecule has 3 nitrogen and oxygen atoms in total. The van der Waals surface area contributed by atoms with Gasteiger partial charge in [-0.15, -0.1) is 0 Å². The van der Waals surface area contributed by atoms with Crippen molar-refractivity contribution in [1.82, 2.24) is 0 Å².